The number of ether oxygens (including phenoxy) is 2. The molecule has 5 atom stereocenters. The monoisotopic (exact) mass is 980 g/mol. The molecule has 8 rings (SSSR count). The van der Waals surface area contributed by atoms with Crippen LogP contribution in [0.3, 0.4) is 0 Å². The second kappa shape index (κ2) is 22.3. The molecule has 0 saturated carbocycles. The van der Waals surface area contributed by atoms with Crippen LogP contribution >= 0.6 is 30.8 Å². The first kappa shape index (κ1) is 50.8. The van der Waals surface area contributed by atoms with Gasteiger partial charge in [-0.05, 0) is 62.4 Å². The summed E-state index contributed by atoms with van der Waals surface area (Å²) in [4.78, 5) is 93.5. The van der Waals surface area contributed by atoms with E-state index in [9.17, 15) is 28.5 Å². The number of azide groups is 1. The smallest absolute Gasteiger partial charge is 0.433 e. The van der Waals surface area contributed by atoms with Crippen LogP contribution in [0.2, 0.25) is 10.0 Å². The number of nitrogens with zero attached hydrogens (tertiary/aromatic N) is 8. The molecule has 9 N–H and O–H groups in total. The van der Waals surface area contributed by atoms with Gasteiger partial charge in [0, 0.05) is 28.8 Å². The molecule has 1 aromatic carbocycles. The van der Waals surface area contributed by atoms with Crippen molar-refractivity contribution in [3.05, 3.63) is 122 Å². The van der Waals surface area contributed by atoms with Crippen molar-refractivity contribution in [3.63, 3.8) is 0 Å². The number of nitrogens with one attached hydrogen (secondary N) is 4. The lowest BCUT2D eigenvalue weighted by Gasteiger charge is -2.14. The fourth-order valence-corrected chi connectivity index (χ4v) is 6.92. The normalized spacial score (nSPS) is 18.9. The zero-order chi connectivity index (χ0) is 48.5. The number of rotatable bonds is 10. The number of imidazole rings is 1. The van der Waals surface area contributed by atoms with Crippen LogP contribution in [0.1, 0.15) is 61.4 Å². The van der Waals surface area contributed by atoms with Crippen LogP contribution in [0.15, 0.2) is 65.8 Å². The quantitative estimate of drug-likeness (QED) is 0.0408. The van der Waals surface area contributed by atoms with Crippen LogP contribution in [0.4, 0.5) is 10.5 Å². The van der Waals surface area contributed by atoms with Gasteiger partial charge in [0.1, 0.15) is 23.7 Å². The third-order valence-electron chi connectivity index (χ3n) is 9.90. The summed E-state index contributed by atoms with van der Waals surface area (Å²) >= 11 is 12.2. The van der Waals surface area contributed by atoms with E-state index in [1.54, 1.807) is 30.0 Å². The van der Waals surface area contributed by atoms with Crippen LogP contribution in [0, 0.1) is 13.8 Å². The number of hydrogen-bond acceptors (Lipinski definition) is 16. The van der Waals surface area contributed by atoms with Gasteiger partial charge in [-0.15, -0.1) is 0 Å². The van der Waals surface area contributed by atoms with Gasteiger partial charge in [0.15, 0.2) is 16.7 Å². The summed E-state index contributed by atoms with van der Waals surface area (Å²) < 4.78 is 29.1. The average Bonchev–Trinajstić information content (AvgIpc) is 4.10. The van der Waals surface area contributed by atoms with Gasteiger partial charge in [0.2, 0.25) is 5.89 Å². The first-order valence-corrected chi connectivity index (χ1v) is 21.9. The maximum absolute atomic E-state index is 12.0. The molecule has 66 heavy (non-hydrogen) atoms. The lowest BCUT2D eigenvalue weighted by molar-refractivity contribution is -0.0271. The fourth-order valence-electron chi connectivity index (χ4n) is 6.54. The predicted molar refractivity (Wildman–Crippen MR) is 236 cm³/mol. The molecule has 29 heteroatoms. The molecule has 26 nitrogen and oxygen atoms in total. The van der Waals surface area contributed by atoms with Gasteiger partial charge >= 0.3 is 19.0 Å². The van der Waals surface area contributed by atoms with E-state index in [4.69, 9.17) is 67.7 Å². The molecular formula is C37H43Cl2N12O14P. The number of aliphatic hydroxyl groups excluding tert-OH is 2. The highest BCUT2D eigenvalue weighted by Crippen LogP contribution is 2.35. The summed E-state index contributed by atoms with van der Waals surface area (Å²) in [6, 6.07) is 4.63. The van der Waals surface area contributed by atoms with Crippen molar-refractivity contribution in [1.29, 1.82) is 0 Å². The maximum Gasteiger partial charge on any atom is 0.433 e. The van der Waals surface area contributed by atoms with Gasteiger partial charge in [-0.1, -0.05) is 35.2 Å². The van der Waals surface area contributed by atoms with E-state index in [2.05, 4.69) is 45.2 Å². The Hall–Kier alpha value is -6.18. The molecule has 0 unspecified atom stereocenters. The zero-order valence-electron chi connectivity index (χ0n) is 35.0. The number of fused-ring (bicyclic) bond motifs is 2. The molecule has 2 fully saturated rings. The summed E-state index contributed by atoms with van der Waals surface area (Å²) in [7, 11) is -4.82. The molecule has 2 aliphatic rings. The Bertz CT molecular complexity index is 2990. The van der Waals surface area contributed by atoms with Gasteiger partial charge in [0.05, 0.1) is 60.7 Å². The molecule has 0 spiro atoms. The number of pyridine rings is 1. The minimum Gasteiger partial charge on any atom is -0.472 e. The number of aromatic amines is 3. The molecule has 0 aliphatic carbocycles. The highest BCUT2D eigenvalue weighted by molar-refractivity contribution is 7.69. The van der Waals surface area contributed by atoms with Crippen LogP contribution in [0.5, 0.6) is 0 Å². The number of halogens is 2. The van der Waals surface area contributed by atoms with E-state index in [0.29, 0.717) is 49.5 Å². The van der Waals surface area contributed by atoms with Crippen molar-refractivity contribution in [2.75, 3.05) is 18.5 Å². The van der Waals surface area contributed by atoms with E-state index >= 15 is 0 Å². The number of aryl methyl sites for hydroxylation is 3. The Morgan fingerprint density at radius 2 is 1.71 bits per heavy atom. The van der Waals surface area contributed by atoms with E-state index < -0.39 is 42.9 Å². The van der Waals surface area contributed by atoms with Crippen molar-refractivity contribution in [2.45, 2.75) is 83.7 Å². The Morgan fingerprint density at radius 1 is 1.00 bits per heavy atom. The lowest BCUT2D eigenvalue weighted by atomic mass is 10.1. The second-order valence-electron chi connectivity index (χ2n) is 14.3. The van der Waals surface area contributed by atoms with Crippen LogP contribution in [-0.2, 0) is 27.0 Å². The summed E-state index contributed by atoms with van der Waals surface area (Å²) in [5, 5.41) is 33.1. The fraction of sp³-hybridized carbons (Fsp3) is 0.405. The molecule has 2 aliphatic heterocycles. The van der Waals surface area contributed by atoms with Gasteiger partial charge in [-0.3, -0.25) is 28.5 Å². The number of carboxylic acid groups (broad SMARTS) is 1. The molecule has 0 radical (unpaired) electrons. The Kier molecular flexibility index (Phi) is 17.2. The van der Waals surface area contributed by atoms with Crippen molar-refractivity contribution in [1.82, 2.24) is 39.0 Å². The van der Waals surface area contributed by atoms with Crippen molar-refractivity contribution in [2.24, 2.45) is 5.11 Å². The average molecular weight is 982 g/mol. The Morgan fingerprint density at radius 3 is 2.33 bits per heavy atom. The number of hydrogen-bond donors (Lipinski definition) is 9. The van der Waals surface area contributed by atoms with Crippen molar-refractivity contribution in [3.8, 4) is 0 Å². The standard InChI is InChI=1S/C16H15Cl2N3O2.C10H13N5O4.C10H12N4O3.CH3O5P/c1-3-9-6-12(16(22)20-8(9)2)19-7-13-21-14-10(17)4-5-11(18)15(14)23-13;1-5-3-15(10(18)12-9(5)17)8-2-6(13-14-11)7(4-16)19-8;15-3-6-1-2-7(17-6)14-5-13-8-9(14)11-4-12-10(8)16;2-1(3)7(4,5)6/h4-6,19H,3,7H2,1-2H3,(H,20,22);3,6-8,16H,2,4H2,1H3,(H,12,17,18);4-7,15H,1-3H2,(H,11,12,16);(H,2,3)(H2,4,5,6)/t;6-,7+,8+;6-,7+;/m.00./s1. The third kappa shape index (κ3) is 12.4. The number of carbonyl (C=O) groups is 1. The topological polar surface area (TPSA) is 392 Å². The number of H-pyrrole nitrogens is 3. The molecule has 7 heterocycles. The first-order chi connectivity index (χ1) is 31.3. The van der Waals surface area contributed by atoms with Crippen LogP contribution in [-0.4, -0.2) is 101 Å². The zero-order valence-corrected chi connectivity index (χ0v) is 37.4. The van der Waals surface area contributed by atoms with Crippen molar-refractivity contribution < 1.29 is 48.4 Å². The van der Waals surface area contributed by atoms with E-state index in [1.165, 1.54) is 17.1 Å². The summed E-state index contributed by atoms with van der Waals surface area (Å²) in [5.41, 5.74) is 9.45. The largest absolute Gasteiger partial charge is 0.472 e. The molecule has 0 amide bonds. The van der Waals surface area contributed by atoms with E-state index in [-0.39, 0.29) is 49.6 Å². The highest BCUT2D eigenvalue weighted by Gasteiger charge is 2.36. The minimum absolute atomic E-state index is 0.0111. The molecule has 6 aromatic rings. The van der Waals surface area contributed by atoms with E-state index in [1.807, 2.05) is 19.9 Å². The lowest BCUT2D eigenvalue weighted by Crippen LogP contribution is -2.33. The Balaban J connectivity index is 0.000000175. The minimum atomic E-state index is -4.82. The summed E-state index contributed by atoms with van der Waals surface area (Å²) in [6.07, 6.45) is 5.31. The van der Waals surface area contributed by atoms with Crippen LogP contribution in [0.25, 0.3) is 32.7 Å². The SMILES string of the molecule is CCc1cc(NCc2nc3c(Cl)ccc(Cl)c3o2)c(=O)[nH]c1C.Cc1cn([C@H]2C[C@H](N=[N+]=[N-])[C@@H](CO)O2)c(=O)[nH]c1=O.O=C(O)P(=O)(O)O.O=c1[nH]cnc2c1ncn2[C@H]1CC[C@@H](CO)O1. The number of aromatic nitrogens is 8. The number of benzene rings is 1. The summed E-state index contributed by atoms with van der Waals surface area (Å²) in [5.74, 6) is 0.410. The second-order valence-corrected chi connectivity index (χ2v) is 16.6. The van der Waals surface area contributed by atoms with Crippen LogP contribution < -0.4 is 27.7 Å². The molecular weight excluding hydrogens is 938 g/mol. The van der Waals surface area contributed by atoms with Crippen molar-refractivity contribution >= 4 is 64.5 Å². The maximum atomic E-state index is 12.0. The number of aliphatic hydroxyl groups is 2. The number of oxazole rings is 1. The predicted octanol–water partition coefficient (Wildman–Crippen LogP) is 3.74. The van der Waals surface area contributed by atoms with Gasteiger partial charge < -0.3 is 54.3 Å². The number of anilines is 1. The third-order valence-corrected chi connectivity index (χ3v) is 11.0. The molecule has 354 valence electrons. The molecule has 0 bridgehead atoms. The first-order valence-electron chi connectivity index (χ1n) is 19.6. The van der Waals surface area contributed by atoms with Gasteiger partial charge in [-0.2, -0.15) is 0 Å². The van der Waals surface area contributed by atoms with Gasteiger partial charge in [-0.25, -0.2) is 29.1 Å². The summed E-state index contributed by atoms with van der Waals surface area (Å²) in [6.45, 7) is 5.45. The van der Waals surface area contributed by atoms with Gasteiger partial charge in [0.25, 0.3) is 16.7 Å². The molecule has 5 aromatic heterocycles. The highest BCUT2D eigenvalue weighted by atomic mass is 35.5. The van der Waals surface area contributed by atoms with E-state index in [0.717, 1.165) is 30.5 Å². The Labute approximate surface area is 380 Å². The molecule has 2 saturated heterocycles.